The van der Waals surface area contributed by atoms with Crippen molar-refractivity contribution < 1.29 is 9.47 Å². The minimum atomic E-state index is 0.407. The van der Waals surface area contributed by atoms with E-state index < -0.39 is 0 Å². The van der Waals surface area contributed by atoms with Crippen molar-refractivity contribution in [3.63, 3.8) is 0 Å². The highest BCUT2D eigenvalue weighted by molar-refractivity contribution is 5.65. The van der Waals surface area contributed by atoms with Gasteiger partial charge in [0.05, 0.1) is 32.6 Å². The first kappa shape index (κ1) is 20.2. The molecule has 162 valence electrons. The maximum atomic E-state index is 5.59. The molecule has 1 aliphatic heterocycles. The van der Waals surface area contributed by atoms with Crippen LogP contribution in [0.4, 0.5) is 0 Å². The van der Waals surface area contributed by atoms with Gasteiger partial charge in [0.2, 0.25) is 0 Å². The first-order valence-electron chi connectivity index (χ1n) is 11.6. The molecule has 3 atom stereocenters. The molecular weight excluding hydrogens is 374 g/mol. The fraction of sp³-hybridized carbons (Fsp3) is 0.640. The number of fused-ring (bicyclic) bond motifs is 1. The molecule has 1 aromatic carbocycles. The summed E-state index contributed by atoms with van der Waals surface area (Å²) >= 11 is 0. The van der Waals surface area contributed by atoms with Gasteiger partial charge in [0.1, 0.15) is 0 Å². The van der Waals surface area contributed by atoms with E-state index in [0.717, 1.165) is 18.5 Å². The van der Waals surface area contributed by atoms with Crippen molar-refractivity contribution >= 4 is 0 Å². The highest BCUT2D eigenvalue weighted by Crippen LogP contribution is 2.55. The van der Waals surface area contributed by atoms with E-state index in [0.29, 0.717) is 25.2 Å². The molecule has 1 saturated heterocycles. The van der Waals surface area contributed by atoms with Crippen LogP contribution in [0.3, 0.4) is 0 Å². The van der Waals surface area contributed by atoms with Crippen molar-refractivity contribution in [2.24, 2.45) is 5.92 Å². The predicted octanol–water partition coefficient (Wildman–Crippen LogP) is 3.90. The van der Waals surface area contributed by atoms with Gasteiger partial charge in [-0.2, -0.15) is 5.10 Å². The van der Waals surface area contributed by atoms with Crippen LogP contribution in [-0.4, -0.2) is 61.2 Å². The largest absolute Gasteiger partial charge is 0.382 e. The fourth-order valence-electron chi connectivity index (χ4n) is 6.41. The Balaban J connectivity index is 1.39. The lowest BCUT2D eigenvalue weighted by Crippen LogP contribution is -2.59. The van der Waals surface area contributed by atoms with Crippen molar-refractivity contribution in [3.05, 3.63) is 41.7 Å². The molecule has 0 radical (unpaired) electrons. The maximum Gasteiger partial charge on any atom is 0.0701 e. The van der Waals surface area contributed by atoms with Gasteiger partial charge in [-0.1, -0.05) is 31.0 Å². The zero-order chi connectivity index (χ0) is 20.6. The third-order valence-corrected chi connectivity index (χ3v) is 7.98. The molecule has 5 nitrogen and oxygen atoms in total. The van der Waals surface area contributed by atoms with Gasteiger partial charge in [-0.3, -0.25) is 4.68 Å². The molecule has 3 aliphatic rings. The van der Waals surface area contributed by atoms with Crippen LogP contribution in [0.2, 0.25) is 0 Å². The molecule has 2 aromatic rings. The number of likely N-dealkylation sites (N-methyl/N-ethyl adjacent to an activating group) is 1. The molecule has 2 fully saturated rings. The maximum absolute atomic E-state index is 5.59. The van der Waals surface area contributed by atoms with Crippen molar-refractivity contribution in [1.82, 2.24) is 14.7 Å². The van der Waals surface area contributed by atoms with Gasteiger partial charge in [0.15, 0.2) is 0 Å². The lowest BCUT2D eigenvalue weighted by molar-refractivity contribution is 0.00290. The minimum Gasteiger partial charge on any atom is -0.382 e. The van der Waals surface area contributed by atoms with Gasteiger partial charge in [-0.15, -0.1) is 0 Å². The highest BCUT2D eigenvalue weighted by atomic mass is 16.5. The van der Waals surface area contributed by atoms with Gasteiger partial charge in [-0.05, 0) is 61.9 Å². The molecule has 1 aromatic heterocycles. The zero-order valence-corrected chi connectivity index (χ0v) is 18.5. The van der Waals surface area contributed by atoms with Crippen molar-refractivity contribution in [2.75, 3.05) is 40.5 Å². The van der Waals surface area contributed by atoms with Gasteiger partial charge in [-0.25, -0.2) is 0 Å². The SMILES string of the molecule is COCCOCCn1cc(-c2ccc3c(c2)C24CCCCC2C(C3)N(C)CC4)cn1. The van der Waals surface area contributed by atoms with Gasteiger partial charge < -0.3 is 14.4 Å². The molecule has 1 saturated carbocycles. The van der Waals surface area contributed by atoms with Crippen LogP contribution in [0.25, 0.3) is 11.1 Å². The second kappa shape index (κ2) is 8.45. The standard InChI is InChI=1S/C25H35N3O2/c1-27-10-9-25-8-4-3-5-22(25)24(27)16-20-7-6-19(15-23(20)25)21-17-26-28(18-21)11-12-30-14-13-29-2/h6-7,15,17-18,22,24H,3-5,8-14,16H2,1-2H3. The van der Waals surface area contributed by atoms with Crippen molar-refractivity contribution in [1.29, 1.82) is 0 Å². The average Bonchev–Trinajstić information content (AvgIpc) is 3.25. The number of piperidine rings is 1. The number of methoxy groups -OCH3 is 1. The van der Waals surface area contributed by atoms with E-state index in [2.05, 4.69) is 41.4 Å². The molecule has 2 bridgehead atoms. The van der Waals surface area contributed by atoms with Gasteiger partial charge >= 0.3 is 0 Å². The predicted molar refractivity (Wildman–Crippen MR) is 119 cm³/mol. The Morgan fingerprint density at radius 2 is 2.07 bits per heavy atom. The topological polar surface area (TPSA) is 39.5 Å². The number of ether oxygens (including phenoxy) is 2. The molecule has 0 spiro atoms. The first-order valence-corrected chi connectivity index (χ1v) is 11.6. The molecule has 30 heavy (non-hydrogen) atoms. The quantitative estimate of drug-likeness (QED) is 0.650. The Morgan fingerprint density at radius 3 is 2.97 bits per heavy atom. The third-order valence-electron chi connectivity index (χ3n) is 7.98. The van der Waals surface area contributed by atoms with Gasteiger partial charge in [0.25, 0.3) is 0 Å². The summed E-state index contributed by atoms with van der Waals surface area (Å²) < 4.78 is 12.6. The lowest BCUT2D eigenvalue weighted by Gasteiger charge is -2.58. The van der Waals surface area contributed by atoms with Crippen LogP contribution in [0.5, 0.6) is 0 Å². The van der Waals surface area contributed by atoms with E-state index in [1.807, 2.05) is 10.9 Å². The van der Waals surface area contributed by atoms with Crippen molar-refractivity contribution in [3.8, 4) is 11.1 Å². The normalized spacial score (nSPS) is 28.2. The smallest absolute Gasteiger partial charge is 0.0701 e. The van der Waals surface area contributed by atoms with Crippen LogP contribution < -0.4 is 0 Å². The Hall–Kier alpha value is -1.69. The fourth-order valence-corrected chi connectivity index (χ4v) is 6.41. The van der Waals surface area contributed by atoms with E-state index in [-0.39, 0.29) is 0 Å². The molecule has 5 heteroatoms. The molecule has 3 unspecified atom stereocenters. The summed E-state index contributed by atoms with van der Waals surface area (Å²) in [6.07, 6.45) is 12.3. The number of hydrogen-bond donors (Lipinski definition) is 0. The Kier molecular flexibility index (Phi) is 5.69. The minimum absolute atomic E-state index is 0.407. The number of nitrogens with zero attached hydrogens (tertiary/aromatic N) is 3. The Morgan fingerprint density at radius 1 is 1.13 bits per heavy atom. The number of aromatic nitrogens is 2. The van der Waals surface area contributed by atoms with E-state index in [1.165, 1.54) is 56.2 Å². The third kappa shape index (κ3) is 3.51. The van der Waals surface area contributed by atoms with Crippen LogP contribution in [-0.2, 0) is 27.9 Å². The number of rotatable bonds is 7. The molecule has 0 N–H and O–H groups in total. The Bertz CT molecular complexity index is 879. The summed E-state index contributed by atoms with van der Waals surface area (Å²) in [6.45, 7) is 3.95. The summed E-state index contributed by atoms with van der Waals surface area (Å²) in [4.78, 5) is 2.64. The summed E-state index contributed by atoms with van der Waals surface area (Å²) in [5.41, 5.74) is 6.19. The van der Waals surface area contributed by atoms with Crippen molar-refractivity contribution in [2.45, 2.75) is 56.5 Å². The zero-order valence-electron chi connectivity index (χ0n) is 18.5. The Labute approximate surface area is 180 Å². The van der Waals surface area contributed by atoms with E-state index >= 15 is 0 Å². The van der Waals surface area contributed by atoms with Crippen LogP contribution >= 0.6 is 0 Å². The highest BCUT2D eigenvalue weighted by Gasteiger charge is 2.52. The van der Waals surface area contributed by atoms with Crippen LogP contribution in [0.15, 0.2) is 30.6 Å². The first-order chi connectivity index (χ1) is 14.7. The molecule has 2 aliphatic carbocycles. The molecule has 0 amide bonds. The number of hydrogen-bond acceptors (Lipinski definition) is 4. The lowest BCUT2D eigenvalue weighted by atomic mass is 9.52. The summed E-state index contributed by atoms with van der Waals surface area (Å²) in [5.74, 6) is 0.833. The second-order valence-electron chi connectivity index (χ2n) is 9.48. The number of likely N-dealkylation sites (tertiary alicyclic amines) is 1. The number of benzene rings is 1. The van der Waals surface area contributed by atoms with E-state index in [4.69, 9.17) is 9.47 Å². The van der Waals surface area contributed by atoms with E-state index in [1.54, 1.807) is 18.2 Å². The van der Waals surface area contributed by atoms with E-state index in [9.17, 15) is 0 Å². The monoisotopic (exact) mass is 409 g/mol. The van der Waals surface area contributed by atoms with Gasteiger partial charge in [0, 0.05) is 30.3 Å². The summed E-state index contributed by atoms with van der Waals surface area (Å²) in [7, 11) is 4.04. The van der Waals surface area contributed by atoms with Crippen LogP contribution in [0, 0.1) is 5.92 Å². The molecule has 5 rings (SSSR count). The second-order valence-corrected chi connectivity index (χ2v) is 9.48. The average molecular weight is 410 g/mol. The molecule has 2 heterocycles. The summed E-state index contributed by atoms with van der Waals surface area (Å²) in [6, 6.07) is 7.98. The van der Waals surface area contributed by atoms with Crippen LogP contribution in [0.1, 0.15) is 43.2 Å². The molecular formula is C25H35N3O2. The summed E-state index contributed by atoms with van der Waals surface area (Å²) in [5, 5.41) is 4.57.